The number of rotatable bonds is 0. The zero-order valence-corrected chi connectivity index (χ0v) is 6.05. The van der Waals surface area contributed by atoms with E-state index in [0.717, 1.165) is 0 Å². The zero-order chi connectivity index (χ0) is 7.68. The molecule has 0 aromatic heterocycles. The van der Waals surface area contributed by atoms with Crippen molar-refractivity contribution in [2.75, 3.05) is 13.2 Å². The first-order valence-electron chi connectivity index (χ1n) is 3.68. The summed E-state index contributed by atoms with van der Waals surface area (Å²) in [4.78, 5) is 0. The van der Waals surface area contributed by atoms with Crippen molar-refractivity contribution in [3.63, 3.8) is 0 Å². The molecule has 1 atom stereocenters. The molecule has 60 valence electrons. The van der Waals surface area contributed by atoms with Crippen LogP contribution in [0.15, 0.2) is 23.7 Å². The van der Waals surface area contributed by atoms with Crippen molar-refractivity contribution in [1.29, 1.82) is 0 Å². The second kappa shape index (κ2) is 2.57. The normalized spacial score (nSPS) is 29.0. The Morgan fingerprint density at radius 1 is 1.36 bits per heavy atom. The Labute approximate surface area is 64.3 Å². The Morgan fingerprint density at radius 2 is 2.18 bits per heavy atom. The van der Waals surface area contributed by atoms with Crippen molar-refractivity contribution < 1.29 is 13.9 Å². The standard InChI is InChI=1S/C8H9FO2/c9-6-2-1-3-7-8(6)11-5-4-10-7/h1,3,6H,2,4-5H2. The van der Waals surface area contributed by atoms with Crippen LogP contribution in [-0.2, 0) is 9.47 Å². The average molecular weight is 156 g/mol. The van der Waals surface area contributed by atoms with Gasteiger partial charge in [0.1, 0.15) is 13.2 Å². The molecular formula is C8H9FO2. The van der Waals surface area contributed by atoms with E-state index in [1.54, 1.807) is 12.2 Å². The van der Waals surface area contributed by atoms with Crippen LogP contribution in [0.5, 0.6) is 0 Å². The van der Waals surface area contributed by atoms with Crippen molar-refractivity contribution in [3.8, 4) is 0 Å². The quantitative estimate of drug-likeness (QED) is 0.529. The summed E-state index contributed by atoms with van der Waals surface area (Å²) >= 11 is 0. The van der Waals surface area contributed by atoms with Gasteiger partial charge in [-0.05, 0) is 6.08 Å². The molecule has 0 saturated heterocycles. The fourth-order valence-corrected chi connectivity index (χ4v) is 1.22. The summed E-state index contributed by atoms with van der Waals surface area (Å²) in [5.41, 5.74) is 0. The number of ether oxygens (including phenoxy) is 2. The third-order valence-electron chi connectivity index (χ3n) is 1.74. The first-order valence-corrected chi connectivity index (χ1v) is 3.68. The Balaban J connectivity index is 2.27. The summed E-state index contributed by atoms with van der Waals surface area (Å²) in [6, 6.07) is 0. The van der Waals surface area contributed by atoms with E-state index in [9.17, 15) is 4.39 Å². The van der Waals surface area contributed by atoms with Crippen LogP contribution in [0.2, 0.25) is 0 Å². The lowest BCUT2D eigenvalue weighted by atomic mass is 10.1. The van der Waals surface area contributed by atoms with Crippen LogP contribution >= 0.6 is 0 Å². The minimum atomic E-state index is -1.00. The third kappa shape index (κ3) is 1.11. The summed E-state index contributed by atoms with van der Waals surface area (Å²) < 4.78 is 23.3. The predicted molar refractivity (Wildman–Crippen MR) is 37.6 cm³/mol. The van der Waals surface area contributed by atoms with Crippen LogP contribution in [0.4, 0.5) is 4.39 Å². The van der Waals surface area contributed by atoms with Gasteiger partial charge in [0, 0.05) is 6.42 Å². The predicted octanol–water partition coefficient (Wildman–Crippen LogP) is 1.54. The van der Waals surface area contributed by atoms with E-state index in [4.69, 9.17) is 9.47 Å². The van der Waals surface area contributed by atoms with E-state index in [-0.39, 0.29) is 0 Å². The summed E-state index contributed by atoms with van der Waals surface area (Å²) in [6.45, 7) is 0.989. The van der Waals surface area contributed by atoms with E-state index < -0.39 is 6.17 Å². The molecule has 2 rings (SSSR count). The first kappa shape index (κ1) is 6.70. The van der Waals surface area contributed by atoms with Crippen molar-refractivity contribution in [3.05, 3.63) is 23.7 Å². The first-order chi connectivity index (χ1) is 5.38. The molecule has 1 aliphatic heterocycles. The molecule has 1 aliphatic carbocycles. The highest BCUT2D eigenvalue weighted by atomic mass is 19.1. The molecular weight excluding hydrogens is 147 g/mol. The van der Waals surface area contributed by atoms with Gasteiger partial charge in [0.25, 0.3) is 0 Å². The third-order valence-corrected chi connectivity index (χ3v) is 1.74. The molecule has 1 unspecified atom stereocenters. The minimum Gasteiger partial charge on any atom is -0.487 e. The van der Waals surface area contributed by atoms with Crippen molar-refractivity contribution in [1.82, 2.24) is 0 Å². The van der Waals surface area contributed by atoms with E-state index in [2.05, 4.69) is 0 Å². The SMILES string of the molecule is FC1CC=CC2=C1OCCO2. The van der Waals surface area contributed by atoms with Crippen LogP contribution in [0.1, 0.15) is 6.42 Å². The molecule has 3 heteroatoms. The van der Waals surface area contributed by atoms with Crippen LogP contribution < -0.4 is 0 Å². The second-order valence-corrected chi connectivity index (χ2v) is 2.53. The van der Waals surface area contributed by atoms with Gasteiger partial charge in [-0.25, -0.2) is 4.39 Å². The van der Waals surface area contributed by atoms with Gasteiger partial charge < -0.3 is 9.47 Å². The van der Waals surface area contributed by atoms with Gasteiger partial charge in [-0.2, -0.15) is 0 Å². The largest absolute Gasteiger partial charge is 0.487 e. The Kier molecular flexibility index (Phi) is 1.56. The maximum atomic E-state index is 13.0. The highest BCUT2D eigenvalue weighted by molar-refractivity contribution is 5.25. The maximum Gasteiger partial charge on any atom is 0.172 e. The number of hydrogen-bond donors (Lipinski definition) is 0. The Bertz CT molecular complexity index is 220. The van der Waals surface area contributed by atoms with Gasteiger partial charge in [-0.15, -0.1) is 0 Å². The molecule has 0 bridgehead atoms. The zero-order valence-electron chi connectivity index (χ0n) is 6.05. The highest BCUT2D eigenvalue weighted by Crippen LogP contribution is 2.26. The van der Waals surface area contributed by atoms with E-state index in [0.29, 0.717) is 31.2 Å². The van der Waals surface area contributed by atoms with Crippen LogP contribution in [0, 0.1) is 0 Å². The van der Waals surface area contributed by atoms with Crippen molar-refractivity contribution >= 4 is 0 Å². The van der Waals surface area contributed by atoms with Gasteiger partial charge >= 0.3 is 0 Å². The number of allylic oxidation sites excluding steroid dienone is 3. The number of hydrogen-bond acceptors (Lipinski definition) is 2. The molecule has 11 heavy (non-hydrogen) atoms. The Hall–Kier alpha value is -0.990. The topological polar surface area (TPSA) is 18.5 Å². The molecule has 0 radical (unpaired) electrons. The van der Waals surface area contributed by atoms with Crippen molar-refractivity contribution in [2.24, 2.45) is 0 Å². The second-order valence-electron chi connectivity index (χ2n) is 2.53. The summed E-state index contributed by atoms with van der Waals surface area (Å²) in [6.07, 6.45) is 2.93. The van der Waals surface area contributed by atoms with Gasteiger partial charge in [0.05, 0.1) is 0 Å². The van der Waals surface area contributed by atoms with E-state index in [1.165, 1.54) is 0 Å². The number of alkyl halides is 1. The molecule has 0 spiro atoms. The Morgan fingerprint density at radius 3 is 3.00 bits per heavy atom. The fraction of sp³-hybridized carbons (Fsp3) is 0.500. The molecule has 0 saturated carbocycles. The molecule has 0 aromatic rings. The van der Waals surface area contributed by atoms with E-state index in [1.807, 2.05) is 0 Å². The van der Waals surface area contributed by atoms with Gasteiger partial charge in [-0.3, -0.25) is 0 Å². The average Bonchev–Trinajstić information content (AvgIpc) is 2.06. The fourth-order valence-electron chi connectivity index (χ4n) is 1.22. The molecule has 2 aliphatic rings. The van der Waals surface area contributed by atoms with Gasteiger partial charge in [0.2, 0.25) is 0 Å². The minimum absolute atomic E-state index is 0.374. The lowest BCUT2D eigenvalue weighted by Gasteiger charge is -2.24. The van der Waals surface area contributed by atoms with Gasteiger partial charge in [0.15, 0.2) is 17.7 Å². The van der Waals surface area contributed by atoms with Crippen LogP contribution in [0.25, 0.3) is 0 Å². The summed E-state index contributed by atoms with van der Waals surface area (Å²) in [5, 5.41) is 0. The lowest BCUT2D eigenvalue weighted by molar-refractivity contribution is 0.0426. The molecule has 2 nitrogen and oxygen atoms in total. The number of halogens is 1. The lowest BCUT2D eigenvalue weighted by Crippen LogP contribution is -2.21. The molecule has 0 N–H and O–H groups in total. The van der Waals surface area contributed by atoms with Gasteiger partial charge in [-0.1, -0.05) is 6.08 Å². The smallest absolute Gasteiger partial charge is 0.172 e. The summed E-state index contributed by atoms with van der Waals surface area (Å²) in [5.74, 6) is 0.939. The van der Waals surface area contributed by atoms with E-state index >= 15 is 0 Å². The van der Waals surface area contributed by atoms with Crippen LogP contribution in [0.3, 0.4) is 0 Å². The summed E-state index contributed by atoms with van der Waals surface area (Å²) in [7, 11) is 0. The van der Waals surface area contributed by atoms with Crippen LogP contribution in [-0.4, -0.2) is 19.4 Å². The molecule has 0 aromatic carbocycles. The van der Waals surface area contributed by atoms with Crippen molar-refractivity contribution in [2.45, 2.75) is 12.6 Å². The monoisotopic (exact) mass is 156 g/mol. The molecule has 0 amide bonds. The molecule has 0 fully saturated rings. The maximum absolute atomic E-state index is 13.0. The molecule has 1 heterocycles. The highest BCUT2D eigenvalue weighted by Gasteiger charge is 2.24.